The second kappa shape index (κ2) is 8.70. The topological polar surface area (TPSA) is 91.7 Å². The van der Waals surface area contributed by atoms with Crippen LogP contribution in [-0.2, 0) is 14.3 Å². The van der Waals surface area contributed by atoms with Crippen LogP contribution in [0.5, 0.6) is 5.75 Å². The number of amides is 2. The first kappa shape index (κ1) is 17.5. The van der Waals surface area contributed by atoms with Gasteiger partial charge in [-0.3, -0.25) is 9.59 Å². The zero-order valence-electron chi connectivity index (χ0n) is 13.4. The standard InChI is InChI=1S/C17H19N3O4/c1-19-17(22)14(11-18)10-13-2-4-15(5-3-13)24-12-16(21)20-6-8-23-9-7-20/h2-5,10H,6-9,12H2,1H3,(H,19,22)/b14-10-. The third-order valence-corrected chi connectivity index (χ3v) is 3.51. The van der Waals surface area contributed by atoms with Crippen molar-refractivity contribution < 1.29 is 19.1 Å². The van der Waals surface area contributed by atoms with Gasteiger partial charge in [0.25, 0.3) is 11.8 Å². The highest BCUT2D eigenvalue weighted by Crippen LogP contribution is 2.15. The Hall–Kier alpha value is -2.85. The Morgan fingerprint density at radius 3 is 2.58 bits per heavy atom. The van der Waals surface area contributed by atoms with Crippen molar-refractivity contribution in [1.82, 2.24) is 10.2 Å². The van der Waals surface area contributed by atoms with E-state index in [0.717, 1.165) is 0 Å². The molecular weight excluding hydrogens is 310 g/mol. The van der Waals surface area contributed by atoms with Gasteiger partial charge in [-0.05, 0) is 23.8 Å². The van der Waals surface area contributed by atoms with E-state index < -0.39 is 5.91 Å². The van der Waals surface area contributed by atoms with E-state index in [2.05, 4.69) is 5.32 Å². The molecule has 7 heteroatoms. The monoisotopic (exact) mass is 329 g/mol. The van der Waals surface area contributed by atoms with Crippen LogP contribution in [0.3, 0.4) is 0 Å². The molecule has 0 saturated carbocycles. The van der Waals surface area contributed by atoms with E-state index in [1.54, 1.807) is 29.2 Å². The second-order valence-electron chi connectivity index (χ2n) is 5.10. The van der Waals surface area contributed by atoms with Gasteiger partial charge in [0.15, 0.2) is 6.61 Å². The van der Waals surface area contributed by atoms with Crippen molar-refractivity contribution in [1.29, 1.82) is 5.26 Å². The van der Waals surface area contributed by atoms with E-state index in [1.807, 2.05) is 6.07 Å². The quantitative estimate of drug-likeness (QED) is 0.630. The smallest absolute Gasteiger partial charge is 0.261 e. The number of benzene rings is 1. The molecule has 0 aliphatic carbocycles. The van der Waals surface area contributed by atoms with Gasteiger partial charge < -0.3 is 19.7 Å². The van der Waals surface area contributed by atoms with Crippen LogP contribution in [-0.4, -0.2) is 56.7 Å². The van der Waals surface area contributed by atoms with Crippen LogP contribution in [0.1, 0.15) is 5.56 Å². The molecule has 1 aliphatic heterocycles. The molecule has 0 atom stereocenters. The number of rotatable bonds is 5. The Balaban J connectivity index is 1.92. The third kappa shape index (κ3) is 4.83. The van der Waals surface area contributed by atoms with Crippen molar-refractivity contribution in [2.75, 3.05) is 40.0 Å². The highest BCUT2D eigenvalue weighted by atomic mass is 16.5. The van der Waals surface area contributed by atoms with E-state index in [1.165, 1.54) is 13.1 Å². The number of carbonyl (C=O) groups excluding carboxylic acids is 2. The van der Waals surface area contributed by atoms with Crippen LogP contribution < -0.4 is 10.1 Å². The zero-order valence-corrected chi connectivity index (χ0v) is 13.4. The number of likely N-dealkylation sites (N-methyl/N-ethyl adjacent to an activating group) is 1. The maximum atomic E-state index is 12.0. The van der Waals surface area contributed by atoms with Gasteiger partial charge in [0, 0.05) is 20.1 Å². The number of nitriles is 1. The lowest BCUT2D eigenvalue weighted by atomic mass is 10.1. The fraction of sp³-hybridized carbons (Fsp3) is 0.353. The summed E-state index contributed by atoms with van der Waals surface area (Å²) in [5.41, 5.74) is 0.718. The summed E-state index contributed by atoms with van der Waals surface area (Å²) in [4.78, 5) is 25.2. The number of morpholine rings is 1. The van der Waals surface area contributed by atoms with Crippen LogP contribution in [0.4, 0.5) is 0 Å². The highest BCUT2D eigenvalue weighted by Gasteiger charge is 2.17. The largest absolute Gasteiger partial charge is 0.484 e. The van der Waals surface area contributed by atoms with Crippen LogP contribution in [0.25, 0.3) is 6.08 Å². The average molecular weight is 329 g/mol. The number of hydrogen-bond donors (Lipinski definition) is 1. The van der Waals surface area contributed by atoms with E-state index in [9.17, 15) is 9.59 Å². The fourth-order valence-corrected chi connectivity index (χ4v) is 2.16. The summed E-state index contributed by atoms with van der Waals surface area (Å²) in [7, 11) is 1.47. The normalized spacial score (nSPS) is 14.7. The third-order valence-electron chi connectivity index (χ3n) is 3.51. The highest BCUT2D eigenvalue weighted by molar-refractivity contribution is 6.01. The molecule has 0 spiro atoms. The van der Waals surface area contributed by atoms with Gasteiger partial charge in [0.05, 0.1) is 13.2 Å². The summed E-state index contributed by atoms with van der Waals surface area (Å²) in [6.45, 7) is 2.25. The molecule has 0 radical (unpaired) electrons. The minimum Gasteiger partial charge on any atom is -0.484 e. The van der Waals surface area contributed by atoms with Crippen molar-refractivity contribution in [2.24, 2.45) is 0 Å². The molecule has 1 aromatic carbocycles. The number of carbonyl (C=O) groups is 2. The molecular formula is C17H19N3O4. The first-order valence-electron chi connectivity index (χ1n) is 7.56. The summed E-state index contributed by atoms with van der Waals surface area (Å²) in [6, 6.07) is 8.67. The molecule has 1 fully saturated rings. The van der Waals surface area contributed by atoms with Gasteiger partial charge >= 0.3 is 0 Å². The van der Waals surface area contributed by atoms with E-state index in [-0.39, 0.29) is 18.1 Å². The van der Waals surface area contributed by atoms with Crippen molar-refractivity contribution in [3.8, 4) is 11.8 Å². The Morgan fingerprint density at radius 1 is 1.33 bits per heavy atom. The minimum absolute atomic E-state index is 0.0219. The fourth-order valence-electron chi connectivity index (χ4n) is 2.16. The predicted molar refractivity (Wildman–Crippen MR) is 87.0 cm³/mol. The Labute approximate surface area is 140 Å². The van der Waals surface area contributed by atoms with E-state index in [4.69, 9.17) is 14.7 Å². The molecule has 126 valence electrons. The van der Waals surface area contributed by atoms with Gasteiger partial charge in [-0.15, -0.1) is 0 Å². The van der Waals surface area contributed by atoms with Crippen LogP contribution >= 0.6 is 0 Å². The summed E-state index contributed by atoms with van der Waals surface area (Å²) in [6.07, 6.45) is 1.49. The zero-order chi connectivity index (χ0) is 17.4. The first-order chi connectivity index (χ1) is 11.6. The first-order valence-corrected chi connectivity index (χ1v) is 7.56. The van der Waals surface area contributed by atoms with Gasteiger partial charge in [-0.2, -0.15) is 5.26 Å². The Morgan fingerprint density at radius 2 is 2.00 bits per heavy atom. The SMILES string of the molecule is CNC(=O)/C(C#N)=C\c1ccc(OCC(=O)N2CCOCC2)cc1. The number of hydrogen-bond acceptors (Lipinski definition) is 5. The molecule has 1 saturated heterocycles. The Bertz CT molecular complexity index is 655. The van der Waals surface area contributed by atoms with E-state index >= 15 is 0 Å². The van der Waals surface area contributed by atoms with E-state index in [0.29, 0.717) is 37.6 Å². The molecule has 7 nitrogen and oxygen atoms in total. The van der Waals surface area contributed by atoms with Crippen LogP contribution in [0.2, 0.25) is 0 Å². The lowest BCUT2D eigenvalue weighted by Gasteiger charge is -2.26. The van der Waals surface area contributed by atoms with Crippen molar-refractivity contribution in [2.45, 2.75) is 0 Å². The number of nitrogens with one attached hydrogen (secondary N) is 1. The van der Waals surface area contributed by atoms with Crippen molar-refractivity contribution in [3.05, 3.63) is 35.4 Å². The molecule has 1 N–H and O–H groups in total. The van der Waals surface area contributed by atoms with Gasteiger partial charge in [-0.25, -0.2) is 0 Å². The van der Waals surface area contributed by atoms with Gasteiger partial charge in [0.1, 0.15) is 17.4 Å². The summed E-state index contributed by atoms with van der Waals surface area (Å²) in [5, 5.41) is 11.4. The van der Waals surface area contributed by atoms with Gasteiger partial charge in [-0.1, -0.05) is 12.1 Å². The van der Waals surface area contributed by atoms with Crippen LogP contribution in [0, 0.1) is 11.3 Å². The number of ether oxygens (including phenoxy) is 2. The summed E-state index contributed by atoms with van der Waals surface area (Å²) < 4.78 is 10.7. The number of nitrogens with zero attached hydrogens (tertiary/aromatic N) is 2. The molecule has 0 unspecified atom stereocenters. The van der Waals surface area contributed by atoms with Gasteiger partial charge in [0.2, 0.25) is 0 Å². The second-order valence-corrected chi connectivity index (χ2v) is 5.10. The Kier molecular flexibility index (Phi) is 6.34. The minimum atomic E-state index is -0.436. The summed E-state index contributed by atoms with van der Waals surface area (Å²) in [5.74, 6) is 0.0369. The average Bonchev–Trinajstić information content (AvgIpc) is 2.65. The molecule has 24 heavy (non-hydrogen) atoms. The maximum absolute atomic E-state index is 12.0. The van der Waals surface area contributed by atoms with Crippen molar-refractivity contribution in [3.63, 3.8) is 0 Å². The summed E-state index contributed by atoms with van der Waals surface area (Å²) >= 11 is 0. The molecule has 0 bridgehead atoms. The molecule has 2 rings (SSSR count). The molecule has 0 aromatic heterocycles. The lowest BCUT2D eigenvalue weighted by Crippen LogP contribution is -2.42. The molecule has 1 heterocycles. The molecule has 1 aromatic rings. The van der Waals surface area contributed by atoms with Crippen molar-refractivity contribution >= 4 is 17.9 Å². The predicted octanol–water partition coefficient (Wildman–Crippen LogP) is 0.577. The maximum Gasteiger partial charge on any atom is 0.261 e. The lowest BCUT2D eigenvalue weighted by molar-refractivity contribution is -0.137. The van der Waals surface area contributed by atoms with Crippen LogP contribution in [0.15, 0.2) is 29.8 Å². The molecule has 1 aliphatic rings. The molecule has 2 amide bonds.